The molecule has 24 heteroatoms. The Morgan fingerprint density at radius 3 is 1.14 bits per heavy atom. The van der Waals surface area contributed by atoms with Gasteiger partial charge in [0, 0.05) is 18.6 Å². The highest BCUT2D eigenvalue weighted by Gasteiger charge is 2.41. The van der Waals surface area contributed by atoms with Crippen LogP contribution in [0.1, 0.15) is 84.1 Å². The normalized spacial score (nSPS) is 15.1. The van der Waals surface area contributed by atoms with E-state index in [0.717, 1.165) is 0 Å². The number of hydrogen-bond acceptors (Lipinski definition) is 17. The average molecular weight is 898 g/mol. The molecule has 328 valence electrons. The number of anilines is 6. The van der Waals surface area contributed by atoms with E-state index in [4.69, 9.17) is 11.6 Å². The summed E-state index contributed by atoms with van der Waals surface area (Å²) in [7, 11) is 0. The molecule has 3 amide bonds. The van der Waals surface area contributed by atoms with Crippen molar-refractivity contribution in [3.05, 3.63) is 138 Å². The second-order valence-electron chi connectivity index (χ2n) is 15.7. The molecular formula is C41H36ClN17O6. The van der Waals surface area contributed by atoms with E-state index in [1.807, 2.05) is 12.1 Å². The molecule has 3 aliphatic rings. The molecule has 0 radical (unpaired) electrons. The summed E-state index contributed by atoms with van der Waals surface area (Å²) in [5.74, 6) is 0.0715. The standard InChI is InChI=1S/2C14H12N6O2.C13H12ClN5O2/c2*1-14(2)19-12(21)11-8(6-15)5-9(13(22)20(11)14)18-10-3-4-16-7-17-10;1-13(2)18-11(20)10-7(14)5-8(12(21)19(10)13)17-9-3-4-15-6-16-9/h2*3-5,7H,1-2H3,(H,19,21)(H,16,17,18);3-6H,1-2H3,(H,18,20)(H,15,16,17). The summed E-state index contributed by atoms with van der Waals surface area (Å²) in [4.78, 5) is 97.2. The number of nitriles is 2. The number of amides is 3. The fraction of sp³-hybridized carbons (Fsp3) is 0.220. The average Bonchev–Trinajstić information content (AvgIpc) is 3.78. The third-order valence-corrected chi connectivity index (χ3v) is 10.2. The number of nitrogens with zero attached hydrogens (tertiary/aromatic N) is 11. The topological polar surface area (TPSA) is 314 Å². The predicted octanol–water partition coefficient (Wildman–Crippen LogP) is 2.85. The molecule has 0 saturated carbocycles. The molecule has 0 bridgehead atoms. The summed E-state index contributed by atoms with van der Waals surface area (Å²) < 4.78 is 3.93. The zero-order valence-corrected chi connectivity index (χ0v) is 35.9. The van der Waals surface area contributed by atoms with Crippen molar-refractivity contribution in [3.8, 4) is 12.1 Å². The first kappa shape index (κ1) is 44.2. The van der Waals surface area contributed by atoms with Gasteiger partial charge in [0.05, 0.1) is 16.1 Å². The minimum Gasteiger partial charge on any atom is -0.336 e. The van der Waals surface area contributed by atoms with Crippen LogP contribution in [0, 0.1) is 22.7 Å². The largest absolute Gasteiger partial charge is 0.336 e. The van der Waals surface area contributed by atoms with E-state index in [1.54, 1.807) is 65.9 Å². The molecule has 0 aliphatic carbocycles. The van der Waals surface area contributed by atoms with Gasteiger partial charge in [0.15, 0.2) is 0 Å². The van der Waals surface area contributed by atoms with Gasteiger partial charge >= 0.3 is 0 Å². The van der Waals surface area contributed by atoms with E-state index in [-0.39, 0.29) is 61.8 Å². The molecule has 6 N–H and O–H groups in total. The fourth-order valence-electron chi connectivity index (χ4n) is 7.20. The molecule has 6 aromatic rings. The van der Waals surface area contributed by atoms with Crippen LogP contribution in [0.25, 0.3) is 0 Å². The van der Waals surface area contributed by atoms with E-state index in [0.29, 0.717) is 17.5 Å². The van der Waals surface area contributed by atoms with Crippen LogP contribution in [0.4, 0.5) is 34.5 Å². The number of halogens is 1. The van der Waals surface area contributed by atoms with Gasteiger partial charge in [0.25, 0.3) is 34.4 Å². The molecule has 9 rings (SSSR count). The van der Waals surface area contributed by atoms with Crippen LogP contribution in [0.15, 0.2) is 88.4 Å². The number of rotatable bonds is 6. The molecule has 0 aromatic carbocycles. The second kappa shape index (κ2) is 16.8. The SMILES string of the molecule is CC1(C)NC(=O)c2c(C#N)cc(Nc3ccncn3)c(=O)n21.CC1(C)NC(=O)c2c(C#N)cc(Nc3ccncn3)c(=O)n21.CC1(C)NC(=O)c2c(Cl)cc(Nc3ccncn3)c(=O)n21. The summed E-state index contributed by atoms with van der Waals surface area (Å²) in [6.07, 6.45) is 8.66. The van der Waals surface area contributed by atoms with E-state index < -0.39 is 39.9 Å². The Morgan fingerprint density at radius 1 is 0.523 bits per heavy atom. The summed E-state index contributed by atoms with van der Waals surface area (Å²) in [6, 6.07) is 12.9. The lowest BCUT2D eigenvalue weighted by Crippen LogP contribution is -2.42. The van der Waals surface area contributed by atoms with Crippen molar-refractivity contribution in [1.82, 2.24) is 59.6 Å². The Hall–Kier alpha value is -8.83. The molecule has 0 fully saturated rings. The first-order chi connectivity index (χ1) is 30.8. The predicted molar refractivity (Wildman–Crippen MR) is 233 cm³/mol. The molecule has 6 aromatic heterocycles. The van der Waals surface area contributed by atoms with Crippen LogP contribution < -0.4 is 48.6 Å². The zero-order chi connectivity index (χ0) is 47.0. The second-order valence-corrected chi connectivity index (χ2v) is 16.1. The lowest BCUT2D eigenvalue weighted by atomic mass is 10.1. The number of fused-ring (bicyclic) bond motifs is 3. The lowest BCUT2D eigenvalue weighted by Gasteiger charge is -2.22. The zero-order valence-electron chi connectivity index (χ0n) is 35.2. The lowest BCUT2D eigenvalue weighted by molar-refractivity contribution is 0.0925. The minimum absolute atomic E-state index is 0.0748. The first-order valence-corrected chi connectivity index (χ1v) is 19.6. The molecule has 0 atom stereocenters. The number of hydrogen-bond donors (Lipinski definition) is 6. The number of aromatic nitrogens is 9. The molecule has 3 aliphatic heterocycles. The third-order valence-electron chi connectivity index (χ3n) is 9.91. The minimum atomic E-state index is -0.904. The van der Waals surface area contributed by atoms with Gasteiger partial charge in [0.1, 0.15) is 99.7 Å². The molecule has 23 nitrogen and oxygen atoms in total. The molecule has 0 saturated heterocycles. The first-order valence-electron chi connectivity index (χ1n) is 19.2. The van der Waals surface area contributed by atoms with Crippen LogP contribution in [-0.4, -0.2) is 61.3 Å². The Balaban J connectivity index is 0.000000145. The maximum absolute atomic E-state index is 12.6. The highest BCUT2D eigenvalue weighted by Crippen LogP contribution is 2.29. The quantitative estimate of drug-likeness (QED) is 0.140. The van der Waals surface area contributed by atoms with Gasteiger partial charge in [-0.25, -0.2) is 29.9 Å². The van der Waals surface area contributed by atoms with Gasteiger partial charge in [-0.05, 0) is 77.9 Å². The molecular weight excluding hydrogens is 862 g/mol. The van der Waals surface area contributed by atoms with Crippen LogP contribution in [0.5, 0.6) is 0 Å². The Morgan fingerprint density at radius 2 is 0.831 bits per heavy atom. The van der Waals surface area contributed by atoms with Crippen LogP contribution in [0.3, 0.4) is 0 Å². The molecule has 0 spiro atoms. The van der Waals surface area contributed by atoms with Gasteiger partial charge in [0.2, 0.25) is 0 Å². The summed E-state index contributed by atoms with van der Waals surface area (Å²) >= 11 is 6.14. The van der Waals surface area contributed by atoms with Crippen molar-refractivity contribution in [1.29, 1.82) is 10.5 Å². The van der Waals surface area contributed by atoms with Crippen molar-refractivity contribution in [2.45, 2.75) is 58.5 Å². The van der Waals surface area contributed by atoms with Gasteiger partial charge in [-0.1, -0.05) is 11.6 Å². The van der Waals surface area contributed by atoms with Gasteiger partial charge in [-0.3, -0.25) is 42.5 Å². The Labute approximate surface area is 372 Å². The van der Waals surface area contributed by atoms with Crippen molar-refractivity contribution < 1.29 is 14.4 Å². The number of carbonyl (C=O) groups is 3. The van der Waals surface area contributed by atoms with E-state index in [2.05, 4.69) is 61.8 Å². The Kier molecular flexibility index (Phi) is 11.4. The summed E-state index contributed by atoms with van der Waals surface area (Å²) in [5, 5.41) is 35.4. The number of pyridine rings is 3. The van der Waals surface area contributed by atoms with Crippen molar-refractivity contribution in [2.75, 3.05) is 16.0 Å². The fourth-order valence-corrected chi connectivity index (χ4v) is 7.48. The van der Waals surface area contributed by atoms with Crippen LogP contribution >= 0.6 is 11.6 Å². The molecule has 65 heavy (non-hydrogen) atoms. The molecule has 0 unspecified atom stereocenters. The maximum atomic E-state index is 12.6. The smallest absolute Gasteiger partial charge is 0.276 e. The van der Waals surface area contributed by atoms with E-state index >= 15 is 0 Å². The third kappa shape index (κ3) is 8.41. The highest BCUT2D eigenvalue weighted by atomic mass is 35.5. The van der Waals surface area contributed by atoms with Crippen molar-refractivity contribution >= 4 is 63.8 Å². The van der Waals surface area contributed by atoms with Gasteiger partial charge in [-0.2, -0.15) is 10.5 Å². The number of carbonyl (C=O) groups excluding carboxylic acids is 3. The van der Waals surface area contributed by atoms with Crippen molar-refractivity contribution in [2.24, 2.45) is 0 Å². The van der Waals surface area contributed by atoms with Crippen LogP contribution in [0.2, 0.25) is 5.02 Å². The summed E-state index contributed by atoms with van der Waals surface area (Å²) in [5.41, 5.74) is -2.66. The molecule has 9 heterocycles. The Bertz CT molecular complexity index is 3050. The monoisotopic (exact) mass is 897 g/mol. The van der Waals surface area contributed by atoms with Crippen LogP contribution in [-0.2, 0) is 17.0 Å². The summed E-state index contributed by atoms with van der Waals surface area (Å²) in [6.45, 7) is 10.2. The van der Waals surface area contributed by atoms with E-state index in [9.17, 15) is 39.3 Å². The highest BCUT2D eigenvalue weighted by molar-refractivity contribution is 6.34. The number of nitrogens with one attached hydrogen (secondary N) is 6. The van der Waals surface area contributed by atoms with Gasteiger partial charge < -0.3 is 31.9 Å². The maximum Gasteiger partial charge on any atom is 0.276 e. The van der Waals surface area contributed by atoms with Crippen molar-refractivity contribution in [3.63, 3.8) is 0 Å². The van der Waals surface area contributed by atoms with Gasteiger partial charge in [-0.15, -0.1) is 0 Å². The van der Waals surface area contributed by atoms with E-state index in [1.165, 1.54) is 63.3 Å².